The average Bonchev–Trinajstić information content (AvgIpc) is 2.04. The highest BCUT2D eigenvalue weighted by molar-refractivity contribution is 6.33. The zero-order valence-corrected chi connectivity index (χ0v) is 7.22. The lowest BCUT2D eigenvalue weighted by Crippen LogP contribution is -2.20. The van der Waals surface area contributed by atoms with E-state index in [0.717, 1.165) is 0 Å². The maximum Gasteiger partial charge on any atom is 0.246 e. The molecule has 11 heavy (non-hydrogen) atoms. The van der Waals surface area contributed by atoms with E-state index in [9.17, 15) is 4.79 Å². The van der Waals surface area contributed by atoms with Crippen LogP contribution in [0.5, 0.6) is 0 Å². The fourth-order valence-electron chi connectivity index (χ4n) is 0.623. The Hall–Kier alpha value is -0.873. The van der Waals surface area contributed by atoms with Crippen LogP contribution in [0.25, 0.3) is 0 Å². The van der Waals surface area contributed by atoms with Crippen LogP contribution in [0.3, 0.4) is 0 Å². The summed E-state index contributed by atoms with van der Waals surface area (Å²) in [6, 6.07) is 3.23. The van der Waals surface area contributed by atoms with Crippen molar-refractivity contribution in [2.45, 2.75) is 0 Å². The highest BCUT2D eigenvalue weighted by Crippen LogP contribution is 2.10. The highest BCUT2D eigenvalue weighted by Gasteiger charge is 2.06. The zero-order valence-electron chi connectivity index (χ0n) is 5.47. The fourth-order valence-corrected chi connectivity index (χ4v) is 0.963. The topological polar surface area (TPSA) is 42.0 Å². The number of hydrogen-bond acceptors (Lipinski definition) is 2. The molecule has 0 atom stereocenters. The van der Waals surface area contributed by atoms with Gasteiger partial charge in [0, 0.05) is 6.20 Å². The molecule has 0 saturated heterocycles. The van der Waals surface area contributed by atoms with Gasteiger partial charge in [0.2, 0.25) is 5.91 Å². The summed E-state index contributed by atoms with van der Waals surface area (Å²) in [5.74, 6) is -0.306. The van der Waals surface area contributed by atoms with E-state index >= 15 is 0 Å². The molecule has 0 aliphatic rings. The largest absolute Gasteiger partial charge is 0.379 e. The fraction of sp³-hybridized carbons (Fsp3) is 0. The van der Waals surface area contributed by atoms with Gasteiger partial charge in [-0.2, -0.15) is 0 Å². The lowest BCUT2D eigenvalue weighted by atomic mass is 10.3. The molecule has 3 radical (unpaired) electrons. The van der Waals surface area contributed by atoms with Crippen LogP contribution in [-0.4, -0.2) is 21.3 Å². The molecule has 0 aromatic carbocycles. The van der Waals surface area contributed by atoms with Gasteiger partial charge in [0.25, 0.3) is 0 Å². The van der Waals surface area contributed by atoms with Crippen molar-refractivity contribution >= 4 is 27.9 Å². The SMILES string of the molecule is O=C(N[Si])c1cccnc1Cl. The third-order valence-corrected chi connectivity index (χ3v) is 1.65. The first-order chi connectivity index (χ1) is 5.25. The van der Waals surface area contributed by atoms with E-state index in [2.05, 4.69) is 20.4 Å². The molecule has 1 N–H and O–H groups in total. The number of nitrogens with one attached hydrogen (secondary N) is 1. The van der Waals surface area contributed by atoms with Crippen LogP contribution in [0.15, 0.2) is 18.3 Å². The molecule has 0 spiro atoms. The van der Waals surface area contributed by atoms with Crippen molar-refractivity contribution in [1.29, 1.82) is 0 Å². The number of carbonyl (C=O) groups is 1. The maximum absolute atomic E-state index is 11.0. The van der Waals surface area contributed by atoms with Crippen molar-refractivity contribution in [3.63, 3.8) is 0 Å². The van der Waals surface area contributed by atoms with Gasteiger partial charge in [-0.3, -0.25) is 4.79 Å². The number of nitrogens with zero attached hydrogens (tertiary/aromatic N) is 1. The van der Waals surface area contributed by atoms with Gasteiger partial charge in [0.05, 0.1) is 5.56 Å². The second-order valence-corrected chi connectivity index (χ2v) is 2.40. The van der Waals surface area contributed by atoms with E-state index in [-0.39, 0.29) is 11.1 Å². The van der Waals surface area contributed by atoms with Gasteiger partial charge in [-0.15, -0.1) is 0 Å². The Morgan fingerprint density at radius 1 is 1.73 bits per heavy atom. The van der Waals surface area contributed by atoms with Gasteiger partial charge in [-0.05, 0) is 12.1 Å². The number of halogens is 1. The molecular weight excluding hydrogens is 180 g/mol. The van der Waals surface area contributed by atoms with Crippen molar-refractivity contribution < 1.29 is 4.79 Å². The Morgan fingerprint density at radius 2 is 2.45 bits per heavy atom. The van der Waals surface area contributed by atoms with Crippen molar-refractivity contribution in [3.8, 4) is 0 Å². The van der Waals surface area contributed by atoms with Gasteiger partial charge in [0.1, 0.15) is 5.15 Å². The molecular formula is C6H4ClN2OSi. The monoisotopic (exact) mass is 183 g/mol. The number of rotatable bonds is 1. The standard InChI is InChI=1S/C6H4ClN2OSi/c7-5-4(6(10)9-11)2-1-3-8-5/h1-3H,(H,9,10). The number of amides is 1. The van der Waals surface area contributed by atoms with Gasteiger partial charge >= 0.3 is 0 Å². The molecule has 1 amide bonds. The van der Waals surface area contributed by atoms with Gasteiger partial charge in [-0.25, -0.2) is 4.98 Å². The summed E-state index contributed by atoms with van der Waals surface area (Å²) in [6.45, 7) is 0. The van der Waals surface area contributed by atoms with Gasteiger partial charge in [-0.1, -0.05) is 11.6 Å². The molecule has 0 aliphatic heterocycles. The van der Waals surface area contributed by atoms with Crippen LogP contribution in [0.4, 0.5) is 0 Å². The maximum atomic E-state index is 11.0. The molecule has 0 bridgehead atoms. The van der Waals surface area contributed by atoms with Crippen LogP contribution in [0.2, 0.25) is 5.15 Å². The van der Waals surface area contributed by atoms with Crippen molar-refractivity contribution in [2.75, 3.05) is 0 Å². The average molecular weight is 184 g/mol. The van der Waals surface area contributed by atoms with Crippen LogP contribution in [0.1, 0.15) is 10.4 Å². The molecule has 5 heteroatoms. The van der Waals surface area contributed by atoms with Crippen molar-refractivity contribution in [3.05, 3.63) is 29.0 Å². The first kappa shape index (κ1) is 8.23. The molecule has 3 nitrogen and oxygen atoms in total. The minimum Gasteiger partial charge on any atom is -0.379 e. The van der Waals surface area contributed by atoms with E-state index in [1.165, 1.54) is 6.20 Å². The lowest BCUT2D eigenvalue weighted by Gasteiger charge is -1.99. The van der Waals surface area contributed by atoms with E-state index in [4.69, 9.17) is 11.6 Å². The van der Waals surface area contributed by atoms with E-state index in [0.29, 0.717) is 5.56 Å². The molecule has 0 saturated carbocycles. The minimum atomic E-state index is -0.306. The third-order valence-electron chi connectivity index (χ3n) is 1.12. The molecule has 0 unspecified atom stereocenters. The van der Waals surface area contributed by atoms with E-state index in [1.807, 2.05) is 0 Å². The minimum absolute atomic E-state index is 0.197. The first-order valence-electron chi connectivity index (χ1n) is 2.83. The smallest absolute Gasteiger partial charge is 0.246 e. The second-order valence-electron chi connectivity index (χ2n) is 1.80. The number of aromatic nitrogens is 1. The molecule has 1 aromatic heterocycles. The number of hydrogen-bond donors (Lipinski definition) is 1. The molecule has 1 heterocycles. The Balaban J connectivity index is 3.03. The first-order valence-corrected chi connectivity index (χ1v) is 3.71. The Labute approximate surface area is 72.3 Å². The molecule has 0 fully saturated rings. The highest BCUT2D eigenvalue weighted by atomic mass is 35.5. The van der Waals surface area contributed by atoms with Crippen molar-refractivity contribution in [1.82, 2.24) is 9.97 Å². The summed E-state index contributed by atoms with van der Waals surface area (Å²) in [7, 11) is 2.85. The Kier molecular flexibility index (Phi) is 2.62. The number of carbonyl (C=O) groups excluding carboxylic acids is 1. The van der Waals surface area contributed by atoms with Gasteiger partial charge in [0.15, 0.2) is 10.4 Å². The van der Waals surface area contributed by atoms with Gasteiger partial charge < -0.3 is 4.98 Å². The predicted molar refractivity (Wildman–Crippen MR) is 42.5 cm³/mol. The summed E-state index contributed by atoms with van der Waals surface area (Å²) in [5, 5.41) is 0.197. The van der Waals surface area contributed by atoms with Crippen LogP contribution < -0.4 is 4.98 Å². The Bertz CT molecular complexity index is 279. The quantitative estimate of drug-likeness (QED) is 0.511. The van der Waals surface area contributed by atoms with Crippen molar-refractivity contribution in [2.24, 2.45) is 0 Å². The second kappa shape index (κ2) is 3.50. The molecule has 1 rings (SSSR count). The summed E-state index contributed by atoms with van der Waals surface area (Å²) in [5.41, 5.74) is 0.351. The van der Waals surface area contributed by atoms with E-state index in [1.54, 1.807) is 12.1 Å². The lowest BCUT2D eigenvalue weighted by molar-refractivity contribution is 0.0981. The summed E-state index contributed by atoms with van der Waals surface area (Å²) in [6.07, 6.45) is 1.52. The summed E-state index contributed by atoms with van der Waals surface area (Å²) in [4.78, 5) is 16.9. The summed E-state index contributed by atoms with van der Waals surface area (Å²) >= 11 is 5.60. The molecule has 1 aromatic rings. The van der Waals surface area contributed by atoms with Crippen LogP contribution in [0, 0.1) is 0 Å². The molecule has 0 aliphatic carbocycles. The molecule has 55 valence electrons. The summed E-state index contributed by atoms with van der Waals surface area (Å²) < 4.78 is 0. The third kappa shape index (κ3) is 1.78. The Morgan fingerprint density at radius 3 is 3.00 bits per heavy atom. The number of pyridine rings is 1. The van der Waals surface area contributed by atoms with Crippen LogP contribution in [-0.2, 0) is 0 Å². The van der Waals surface area contributed by atoms with E-state index < -0.39 is 0 Å². The van der Waals surface area contributed by atoms with Crippen LogP contribution >= 0.6 is 11.6 Å². The normalized spacial score (nSPS) is 9.27. The predicted octanol–water partition coefficient (Wildman–Crippen LogP) is 0.548. The zero-order chi connectivity index (χ0) is 8.27.